The number of nitrogens with two attached hydrogens (primary N) is 1. The van der Waals surface area contributed by atoms with Gasteiger partial charge < -0.3 is 5.73 Å². The third-order valence-electron chi connectivity index (χ3n) is 3.33. The van der Waals surface area contributed by atoms with Crippen molar-refractivity contribution in [3.8, 4) is 0 Å². The minimum Gasteiger partial charge on any atom is -0.326 e. The van der Waals surface area contributed by atoms with Gasteiger partial charge in [0.15, 0.2) is 9.84 Å². The van der Waals surface area contributed by atoms with Crippen LogP contribution in [-0.4, -0.2) is 25.5 Å². The highest BCUT2D eigenvalue weighted by molar-refractivity contribution is 7.92. The van der Waals surface area contributed by atoms with E-state index in [0.29, 0.717) is 0 Å². The summed E-state index contributed by atoms with van der Waals surface area (Å²) < 4.78 is 35.8. The first-order valence-electron chi connectivity index (χ1n) is 5.45. The number of hydrogen-bond donors (Lipinski definition) is 1. The molecule has 1 atom stereocenters. The summed E-state index contributed by atoms with van der Waals surface area (Å²) in [6, 6.07) is 3.59. The molecule has 0 bridgehead atoms. The van der Waals surface area contributed by atoms with E-state index in [1.807, 2.05) is 0 Å². The summed E-state index contributed by atoms with van der Waals surface area (Å²) in [5.41, 5.74) is 6.16. The molecule has 0 aromatic heterocycles. The second-order valence-corrected chi connectivity index (χ2v) is 7.89. The molecule has 0 aliphatic rings. The SMILES string of the molecule is CC(C)(C(N)Cc1c(F)cccc1Cl)S(C)(=O)=O. The summed E-state index contributed by atoms with van der Waals surface area (Å²) in [6.07, 6.45) is 1.20. The minimum absolute atomic E-state index is 0.0750. The Labute approximate surface area is 112 Å². The van der Waals surface area contributed by atoms with E-state index in [9.17, 15) is 12.8 Å². The van der Waals surface area contributed by atoms with Crippen molar-refractivity contribution in [3.05, 3.63) is 34.6 Å². The van der Waals surface area contributed by atoms with Crippen LogP contribution < -0.4 is 5.73 Å². The van der Waals surface area contributed by atoms with E-state index in [4.69, 9.17) is 17.3 Å². The van der Waals surface area contributed by atoms with Crippen LogP contribution >= 0.6 is 11.6 Å². The van der Waals surface area contributed by atoms with Crippen molar-refractivity contribution in [1.82, 2.24) is 0 Å². The summed E-state index contributed by atoms with van der Waals surface area (Å²) in [4.78, 5) is 0. The van der Waals surface area contributed by atoms with Gasteiger partial charge in [0.05, 0.1) is 4.75 Å². The molecule has 6 heteroatoms. The quantitative estimate of drug-likeness (QED) is 0.925. The number of benzene rings is 1. The fourth-order valence-electron chi connectivity index (χ4n) is 1.47. The average Bonchev–Trinajstić information content (AvgIpc) is 2.21. The van der Waals surface area contributed by atoms with Crippen molar-refractivity contribution < 1.29 is 12.8 Å². The standard InChI is InChI=1S/C12H17ClFNO2S/c1-12(2,18(3,16)17)11(15)7-8-9(13)5-4-6-10(8)14/h4-6,11H,7,15H2,1-3H3. The normalized spacial score (nSPS) is 14.6. The monoisotopic (exact) mass is 293 g/mol. The number of hydrogen-bond acceptors (Lipinski definition) is 3. The maximum atomic E-state index is 13.6. The Hall–Kier alpha value is -0.650. The average molecular weight is 294 g/mol. The van der Waals surface area contributed by atoms with Crippen LogP contribution in [0.2, 0.25) is 5.02 Å². The topological polar surface area (TPSA) is 60.2 Å². The highest BCUT2D eigenvalue weighted by Crippen LogP contribution is 2.26. The third kappa shape index (κ3) is 3.02. The van der Waals surface area contributed by atoms with Crippen molar-refractivity contribution in [2.45, 2.75) is 31.1 Å². The van der Waals surface area contributed by atoms with Crippen LogP contribution in [0.1, 0.15) is 19.4 Å². The molecule has 0 fully saturated rings. The minimum atomic E-state index is -3.34. The molecule has 0 saturated heterocycles. The molecule has 1 aromatic carbocycles. The van der Waals surface area contributed by atoms with Gasteiger partial charge in [-0.1, -0.05) is 17.7 Å². The van der Waals surface area contributed by atoms with Crippen LogP contribution in [0.25, 0.3) is 0 Å². The lowest BCUT2D eigenvalue weighted by Gasteiger charge is -2.30. The summed E-state index contributed by atoms with van der Waals surface area (Å²) in [7, 11) is -3.34. The Balaban J connectivity index is 3.06. The predicted octanol–water partition coefficient (Wildman–Crippen LogP) is 2.17. The lowest BCUT2D eigenvalue weighted by atomic mass is 9.96. The van der Waals surface area contributed by atoms with Crippen LogP contribution in [0.4, 0.5) is 4.39 Å². The van der Waals surface area contributed by atoms with E-state index in [1.165, 1.54) is 26.0 Å². The number of rotatable bonds is 4. The van der Waals surface area contributed by atoms with Crippen molar-refractivity contribution >= 4 is 21.4 Å². The molecular formula is C12H17ClFNO2S. The Morgan fingerprint density at radius 1 is 1.44 bits per heavy atom. The van der Waals surface area contributed by atoms with Gasteiger partial charge in [-0.25, -0.2) is 12.8 Å². The van der Waals surface area contributed by atoms with Crippen molar-refractivity contribution in [2.75, 3.05) is 6.26 Å². The highest BCUT2D eigenvalue weighted by atomic mass is 35.5. The van der Waals surface area contributed by atoms with Crippen molar-refractivity contribution in [1.29, 1.82) is 0 Å². The zero-order chi connectivity index (χ0) is 14.1. The Kier molecular flexibility index (Phi) is 4.41. The Morgan fingerprint density at radius 3 is 2.44 bits per heavy atom. The molecule has 0 heterocycles. The molecule has 0 amide bonds. The fraction of sp³-hybridized carbons (Fsp3) is 0.500. The van der Waals surface area contributed by atoms with Crippen LogP contribution in [0.5, 0.6) is 0 Å². The van der Waals surface area contributed by atoms with Crippen LogP contribution in [-0.2, 0) is 16.3 Å². The lowest BCUT2D eigenvalue weighted by molar-refractivity contribution is 0.474. The van der Waals surface area contributed by atoms with Gasteiger partial charge in [0.25, 0.3) is 0 Å². The Bertz CT molecular complexity index is 523. The first-order valence-corrected chi connectivity index (χ1v) is 7.72. The summed E-state index contributed by atoms with van der Waals surface area (Å²) >= 11 is 5.89. The van der Waals surface area contributed by atoms with Gasteiger partial charge in [0.1, 0.15) is 5.82 Å². The molecule has 18 heavy (non-hydrogen) atoms. The highest BCUT2D eigenvalue weighted by Gasteiger charge is 2.37. The zero-order valence-corrected chi connectivity index (χ0v) is 12.1. The van der Waals surface area contributed by atoms with Gasteiger partial charge in [0.2, 0.25) is 0 Å². The van der Waals surface area contributed by atoms with E-state index in [-0.39, 0.29) is 17.0 Å². The molecule has 1 aromatic rings. The van der Waals surface area contributed by atoms with E-state index in [0.717, 1.165) is 6.26 Å². The fourth-order valence-corrected chi connectivity index (χ4v) is 2.34. The molecule has 1 unspecified atom stereocenters. The predicted molar refractivity (Wildman–Crippen MR) is 72.0 cm³/mol. The molecule has 0 radical (unpaired) electrons. The maximum absolute atomic E-state index is 13.6. The molecular weight excluding hydrogens is 277 g/mol. The number of halogens is 2. The van der Waals surface area contributed by atoms with Gasteiger partial charge in [0, 0.05) is 22.9 Å². The van der Waals surface area contributed by atoms with Gasteiger partial charge in [-0.2, -0.15) is 0 Å². The number of sulfone groups is 1. The van der Waals surface area contributed by atoms with E-state index >= 15 is 0 Å². The summed E-state index contributed by atoms with van der Waals surface area (Å²) in [5.74, 6) is -0.470. The lowest BCUT2D eigenvalue weighted by Crippen LogP contribution is -2.50. The van der Waals surface area contributed by atoms with Gasteiger partial charge >= 0.3 is 0 Å². The van der Waals surface area contributed by atoms with Crippen LogP contribution in [0, 0.1) is 5.82 Å². The Morgan fingerprint density at radius 2 is 2.00 bits per heavy atom. The van der Waals surface area contributed by atoms with Gasteiger partial charge in [-0.15, -0.1) is 0 Å². The second kappa shape index (κ2) is 5.15. The first kappa shape index (κ1) is 15.4. The third-order valence-corrected chi connectivity index (χ3v) is 5.90. The van der Waals surface area contributed by atoms with E-state index in [2.05, 4.69) is 0 Å². The molecule has 2 N–H and O–H groups in total. The zero-order valence-electron chi connectivity index (χ0n) is 10.6. The van der Waals surface area contributed by atoms with E-state index in [1.54, 1.807) is 6.07 Å². The van der Waals surface area contributed by atoms with Gasteiger partial charge in [-0.05, 0) is 32.4 Å². The molecule has 1 rings (SSSR count). The molecule has 102 valence electrons. The van der Waals surface area contributed by atoms with Gasteiger partial charge in [-0.3, -0.25) is 0 Å². The smallest absolute Gasteiger partial charge is 0.154 e. The molecule has 0 aliphatic heterocycles. The van der Waals surface area contributed by atoms with Crippen molar-refractivity contribution in [2.24, 2.45) is 5.73 Å². The first-order chi connectivity index (χ1) is 8.07. The molecule has 0 aliphatic carbocycles. The second-order valence-electron chi connectivity index (χ2n) is 4.89. The van der Waals surface area contributed by atoms with Crippen LogP contribution in [0.3, 0.4) is 0 Å². The van der Waals surface area contributed by atoms with E-state index < -0.39 is 26.4 Å². The summed E-state index contributed by atoms with van der Waals surface area (Å²) in [5, 5.41) is 0.259. The molecule has 3 nitrogen and oxygen atoms in total. The summed E-state index contributed by atoms with van der Waals surface area (Å²) in [6.45, 7) is 3.06. The largest absolute Gasteiger partial charge is 0.326 e. The van der Waals surface area contributed by atoms with Crippen molar-refractivity contribution in [3.63, 3.8) is 0 Å². The molecule has 0 saturated carbocycles. The maximum Gasteiger partial charge on any atom is 0.154 e. The molecule has 0 spiro atoms. The van der Waals surface area contributed by atoms with Crippen LogP contribution in [0.15, 0.2) is 18.2 Å².